The number of hydrogen-bond acceptors (Lipinski definition) is 4. The van der Waals surface area contributed by atoms with Crippen molar-refractivity contribution in [2.24, 2.45) is 7.05 Å². The second-order valence-corrected chi connectivity index (χ2v) is 5.43. The Labute approximate surface area is 108 Å². The summed E-state index contributed by atoms with van der Waals surface area (Å²) in [5.74, 6) is 0. The lowest BCUT2D eigenvalue weighted by Gasteiger charge is -2.12. The van der Waals surface area contributed by atoms with Crippen molar-refractivity contribution in [1.29, 1.82) is 0 Å². The Morgan fingerprint density at radius 2 is 2.18 bits per heavy atom. The summed E-state index contributed by atoms with van der Waals surface area (Å²) in [6, 6.07) is 0.108. The molecule has 0 fully saturated rings. The second kappa shape index (κ2) is 6.95. The van der Waals surface area contributed by atoms with Gasteiger partial charge in [0.2, 0.25) is 10.0 Å². The molecule has 100 valence electrons. The number of nitrogens with zero attached hydrogens (tertiary/aromatic N) is 2. The highest BCUT2D eigenvalue weighted by Crippen LogP contribution is 2.05. The average molecular weight is 283 g/mol. The molecule has 0 unspecified atom stereocenters. The van der Waals surface area contributed by atoms with Crippen LogP contribution in [0.5, 0.6) is 0 Å². The number of aryl methyl sites for hydroxylation is 1. The normalized spacial score (nSPS) is 13.1. The zero-order valence-electron chi connectivity index (χ0n) is 10.2. The van der Waals surface area contributed by atoms with Crippen LogP contribution in [-0.2, 0) is 17.1 Å². The summed E-state index contributed by atoms with van der Waals surface area (Å²) in [5, 5.41) is 6.96. The molecule has 17 heavy (non-hydrogen) atoms. The number of likely N-dealkylation sites (N-methyl/N-ethyl adjacent to an activating group) is 1. The molecule has 0 saturated heterocycles. The predicted octanol–water partition coefficient (Wildman–Crippen LogP) is 0.118. The van der Waals surface area contributed by atoms with Crippen LogP contribution in [0.2, 0.25) is 0 Å². The van der Waals surface area contributed by atoms with E-state index in [1.165, 1.54) is 17.1 Å². The second-order valence-electron chi connectivity index (χ2n) is 3.66. The first-order chi connectivity index (χ1) is 7.45. The third-order valence-electron chi connectivity index (χ3n) is 2.12. The maximum atomic E-state index is 11.8. The van der Waals surface area contributed by atoms with Crippen LogP contribution in [0, 0.1) is 0 Å². The third-order valence-corrected chi connectivity index (χ3v) is 3.50. The topological polar surface area (TPSA) is 76.0 Å². The Morgan fingerprint density at radius 3 is 2.65 bits per heavy atom. The van der Waals surface area contributed by atoms with Gasteiger partial charge in [-0.15, -0.1) is 12.4 Å². The van der Waals surface area contributed by atoms with Crippen molar-refractivity contribution in [3.05, 3.63) is 12.4 Å². The van der Waals surface area contributed by atoms with E-state index in [0.717, 1.165) is 6.54 Å². The van der Waals surface area contributed by atoms with E-state index < -0.39 is 10.0 Å². The Bertz CT molecular complexity index is 432. The highest BCUT2D eigenvalue weighted by Gasteiger charge is 2.16. The number of hydrogen-bond donors (Lipinski definition) is 2. The zero-order valence-corrected chi connectivity index (χ0v) is 11.8. The first-order valence-electron chi connectivity index (χ1n) is 5.17. The Hall–Kier alpha value is -0.630. The molecule has 1 aromatic heterocycles. The van der Waals surface area contributed by atoms with Crippen molar-refractivity contribution in [1.82, 2.24) is 19.8 Å². The van der Waals surface area contributed by atoms with E-state index in [9.17, 15) is 8.42 Å². The summed E-state index contributed by atoms with van der Waals surface area (Å²) in [4.78, 5) is 0.193. The van der Waals surface area contributed by atoms with Gasteiger partial charge in [-0.2, -0.15) is 5.10 Å². The molecule has 0 aliphatic heterocycles. The van der Waals surface area contributed by atoms with Crippen molar-refractivity contribution in [2.75, 3.05) is 13.1 Å². The van der Waals surface area contributed by atoms with Crippen LogP contribution in [0.15, 0.2) is 17.3 Å². The molecule has 0 aromatic carbocycles. The Morgan fingerprint density at radius 1 is 1.53 bits per heavy atom. The van der Waals surface area contributed by atoms with Crippen molar-refractivity contribution in [3.8, 4) is 0 Å². The quantitative estimate of drug-likeness (QED) is 0.777. The van der Waals surface area contributed by atoms with Crippen LogP contribution < -0.4 is 10.0 Å². The van der Waals surface area contributed by atoms with Crippen molar-refractivity contribution in [3.63, 3.8) is 0 Å². The largest absolute Gasteiger partial charge is 0.313 e. The molecule has 2 N–H and O–H groups in total. The maximum absolute atomic E-state index is 11.8. The van der Waals surface area contributed by atoms with Crippen LogP contribution in [-0.4, -0.2) is 37.3 Å². The predicted molar refractivity (Wildman–Crippen MR) is 68.8 cm³/mol. The number of sulfonamides is 1. The van der Waals surface area contributed by atoms with Gasteiger partial charge in [0.25, 0.3) is 0 Å². The van der Waals surface area contributed by atoms with E-state index in [1.807, 2.05) is 13.8 Å². The van der Waals surface area contributed by atoms with Crippen molar-refractivity contribution in [2.45, 2.75) is 24.8 Å². The molecule has 0 spiro atoms. The Balaban J connectivity index is 0.00000256. The average Bonchev–Trinajstić information content (AvgIpc) is 2.63. The standard InChI is InChI=1S/C9H18N4O2S.ClH/c1-4-10-8(2)5-12-16(14,15)9-6-11-13(3)7-9;/h6-8,10,12H,4-5H2,1-3H3;1H/t8-;/m1./s1. The monoisotopic (exact) mass is 282 g/mol. The molecule has 0 saturated carbocycles. The van der Waals surface area contributed by atoms with Crippen LogP contribution in [0.1, 0.15) is 13.8 Å². The molecule has 0 amide bonds. The van der Waals surface area contributed by atoms with Gasteiger partial charge >= 0.3 is 0 Å². The number of nitrogens with one attached hydrogen (secondary N) is 2. The summed E-state index contributed by atoms with van der Waals surface area (Å²) in [6.07, 6.45) is 2.81. The summed E-state index contributed by atoms with van der Waals surface area (Å²) < 4.78 is 27.5. The number of halogens is 1. The minimum Gasteiger partial charge on any atom is -0.313 e. The van der Waals surface area contributed by atoms with Gasteiger partial charge in [0, 0.05) is 25.8 Å². The zero-order chi connectivity index (χ0) is 12.2. The van der Waals surface area contributed by atoms with E-state index in [-0.39, 0.29) is 23.3 Å². The van der Waals surface area contributed by atoms with E-state index in [0.29, 0.717) is 6.54 Å². The first-order valence-corrected chi connectivity index (χ1v) is 6.65. The van der Waals surface area contributed by atoms with Gasteiger partial charge in [0.05, 0.1) is 6.20 Å². The van der Waals surface area contributed by atoms with Gasteiger partial charge in [-0.1, -0.05) is 6.92 Å². The molecule has 6 nitrogen and oxygen atoms in total. The lowest BCUT2D eigenvalue weighted by molar-refractivity contribution is 0.536. The summed E-state index contributed by atoms with van der Waals surface area (Å²) in [7, 11) is -1.75. The summed E-state index contributed by atoms with van der Waals surface area (Å²) >= 11 is 0. The minimum atomic E-state index is -3.43. The molecule has 0 aliphatic carbocycles. The number of aromatic nitrogens is 2. The van der Waals surface area contributed by atoms with E-state index in [2.05, 4.69) is 15.1 Å². The molecule has 1 rings (SSSR count). The molecule has 0 bridgehead atoms. The molecule has 1 atom stereocenters. The molecular weight excluding hydrogens is 264 g/mol. The molecule has 1 aromatic rings. The van der Waals surface area contributed by atoms with Crippen LogP contribution >= 0.6 is 12.4 Å². The third kappa shape index (κ3) is 5.03. The van der Waals surface area contributed by atoms with Crippen molar-refractivity contribution < 1.29 is 8.42 Å². The first kappa shape index (κ1) is 16.4. The van der Waals surface area contributed by atoms with E-state index in [4.69, 9.17) is 0 Å². The molecule has 1 heterocycles. The fourth-order valence-electron chi connectivity index (χ4n) is 1.28. The van der Waals surface area contributed by atoms with Crippen LogP contribution in [0.4, 0.5) is 0 Å². The van der Waals surface area contributed by atoms with Gasteiger partial charge in [0.1, 0.15) is 4.90 Å². The van der Waals surface area contributed by atoms with Gasteiger partial charge in [-0.25, -0.2) is 13.1 Å². The number of rotatable bonds is 6. The van der Waals surface area contributed by atoms with Crippen molar-refractivity contribution >= 4 is 22.4 Å². The van der Waals surface area contributed by atoms with Gasteiger partial charge in [0.15, 0.2) is 0 Å². The van der Waals surface area contributed by atoms with E-state index >= 15 is 0 Å². The Kier molecular flexibility index (Phi) is 6.69. The fourth-order valence-corrected chi connectivity index (χ4v) is 2.39. The fraction of sp³-hybridized carbons (Fsp3) is 0.667. The lowest BCUT2D eigenvalue weighted by Crippen LogP contribution is -2.38. The van der Waals surface area contributed by atoms with Gasteiger partial charge in [-0.05, 0) is 13.5 Å². The summed E-state index contributed by atoms with van der Waals surface area (Å²) in [5.41, 5.74) is 0. The minimum absolute atomic E-state index is 0. The smallest absolute Gasteiger partial charge is 0.243 e. The maximum Gasteiger partial charge on any atom is 0.243 e. The highest BCUT2D eigenvalue weighted by molar-refractivity contribution is 7.89. The molecule has 8 heteroatoms. The molecule has 0 radical (unpaired) electrons. The molecular formula is C9H19ClN4O2S. The summed E-state index contributed by atoms with van der Waals surface area (Å²) in [6.45, 7) is 5.09. The lowest BCUT2D eigenvalue weighted by atomic mass is 10.3. The SMILES string of the molecule is CCN[C@H](C)CNS(=O)(=O)c1cnn(C)c1.Cl. The van der Waals surface area contributed by atoms with E-state index in [1.54, 1.807) is 7.05 Å². The van der Waals surface area contributed by atoms with Crippen LogP contribution in [0.25, 0.3) is 0 Å². The highest BCUT2D eigenvalue weighted by atomic mass is 35.5. The van der Waals surface area contributed by atoms with Gasteiger partial charge < -0.3 is 5.32 Å². The van der Waals surface area contributed by atoms with Gasteiger partial charge in [-0.3, -0.25) is 4.68 Å². The molecule has 0 aliphatic rings. The van der Waals surface area contributed by atoms with Crippen LogP contribution in [0.3, 0.4) is 0 Å².